The molecule has 2 aromatic carbocycles. The Bertz CT molecular complexity index is 1210. The van der Waals surface area contributed by atoms with Gasteiger partial charge in [-0.15, -0.1) is 0 Å². The first-order valence-electron chi connectivity index (χ1n) is 10.5. The molecule has 1 unspecified atom stereocenters. The second-order valence-electron chi connectivity index (χ2n) is 7.38. The summed E-state index contributed by atoms with van der Waals surface area (Å²) in [5.74, 6) is -0.731. The highest BCUT2D eigenvalue weighted by atomic mass is 79.9. The first-order chi connectivity index (χ1) is 15.5. The number of esters is 1. The summed E-state index contributed by atoms with van der Waals surface area (Å²) in [6.07, 6.45) is 1.94. The number of carbonyl (C=O) groups excluding carboxylic acids is 2. The SMILES string of the molecule is CCOC(=O)c1cccc(N=c2oc3ccc(Br)cc3cc2C(=O)NCC2CCCO2)c1. The predicted molar refractivity (Wildman–Crippen MR) is 123 cm³/mol. The van der Waals surface area contributed by atoms with E-state index in [9.17, 15) is 9.59 Å². The highest BCUT2D eigenvalue weighted by Crippen LogP contribution is 2.21. The number of amides is 1. The van der Waals surface area contributed by atoms with Crippen LogP contribution in [0.1, 0.15) is 40.5 Å². The molecule has 0 spiro atoms. The van der Waals surface area contributed by atoms with Crippen LogP contribution < -0.4 is 10.9 Å². The van der Waals surface area contributed by atoms with E-state index >= 15 is 0 Å². The van der Waals surface area contributed by atoms with E-state index in [-0.39, 0.29) is 24.2 Å². The number of benzene rings is 2. The van der Waals surface area contributed by atoms with Gasteiger partial charge in [-0.1, -0.05) is 22.0 Å². The van der Waals surface area contributed by atoms with Crippen LogP contribution in [0.3, 0.4) is 0 Å². The Morgan fingerprint density at radius 1 is 1.22 bits per heavy atom. The monoisotopic (exact) mass is 498 g/mol. The molecule has 0 aliphatic carbocycles. The highest BCUT2D eigenvalue weighted by Gasteiger charge is 2.19. The van der Waals surface area contributed by atoms with E-state index < -0.39 is 5.97 Å². The number of nitrogens with zero attached hydrogens (tertiary/aromatic N) is 1. The minimum Gasteiger partial charge on any atom is -0.462 e. The van der Waals surface area contributed by atoms with Crippen molar-refractivity contribution in [3.63, 3.8) is 0 Å². The lowest BCUT2D eigenvalue weighted by molar-refractivity contribution is 0.0526. The maximum Gasteiger partial charge on any atom is 0.338 e. The molecule has 0 radical (unpaired) electrons. The molecule has 1 N–H and O–H groups in total. The lowest BCUT2D eigenvalue weighted by Gasteiger charge is -2.11. The van der Waals surface area contributed by atoms with Crippen LogP contribution in [0.2, 0.25) is 0 Å². The fourth-order valence-electron chi connectivity index (χ4n) is 3.49. The van der Waals surface area contributed by atoms with Gasteiger partial charge in [0.15, 0.2) is 0 Å². The van der Waals surface area contributed by atoms with Gasteiger partial charge in [-0.05, 0) is 62.2 Å². The van der Waals surface area contributed by atoms with Crippen LogP contribution >= 0.6 is 15.9 Å². The van der Waals surface area contributed by atoms with Gasteiger partial charge in [0.2, 0.25) is 5.55 Å². The summed E-state index contributed by atoms with van der Waals surface area (Å²) in [6, 6.07) is 14.0. The van der Waals surface area contributed by atoms with E-state index in [4.69, 9.17) is 13.9 Å². The molecule has 166 valence electrons. The van der Waals surface area contributed by atoms with Crippen LogP contribution in [0.15, 0.2) is 62.4 Å². The number of halogens is 1. The molecular formula is C24H23BrN2O5. The van der Waals surface area contributed by atoms with Crippen molar-refractivity contribution in [1.29, 1.82) is 0 Å². The normalized spacial score (nSPS) is 16.3. The minimum atomic E-state index is -0.431. The van der Waals surface area contributed by atoms with Crippen molar-refractivity contribution in [2.45, 2.75) is 25.9 Å². The van der Waals surface area contributed by atoms with Crippen molar-refractivity contribution in [2.75, 3.05) is 19.8 Å². The zero-order valence-electron chi connectivity index (χ0n) is 17.6. The number of hydrogen-bond acceptors (Lipinski definition) is 6. The van der Waals surface area contributed by atoms with Crippen molar-refractivity contribution in [3.8, 4) is 0 Å². The van der Waals surface area contributed by atoms with Crippen LogP contribution in [0.4, 0.5) is 5.69 Å². The van der Waals surface area contributed by atoms with Gasteiger partial charge in [0.25, 0.3) is 5.91 Å². The molecule has 0 bridgehead atoms. The van der Waals surface area contributed by atoms with Gasteiger partial charge in [-0.25, -0.2) is 9.79 Å². The van der Waals surface area contributed by atoms with E-state index in [0.717, 1.165) is 29.3 Å². The summed E-state index contributed by atoms with van der Waals surface area (Å²) in [5, 5.41) is 3.69. The first kappa shape index (κ1) is 22.2. The summed E-state index contributed by atoms with van der Waals surface area (Å²) in [4.78, 5) is 29.6. The second kappa shape index (κ2) is 10.1. The summed E-state index contributed by atoms with van der Waals surface area (Å²) in [6.45, 7) is 3.18. The van der Waals surface area contributed by atoms with Gasteiger partial charge in [0.1, 0.15) is 11.1 Å². The molecule has 32 heavy (non-hydrogen) atoms. The molecule has 4 rings (SSSR count). The van der Waals surface area contributed by atoms with E-state index in [0.29, 0.717) is 28.9 Å². The molecule has 1 aromatic heterocycles. The topological polar surface area (TPSA) is 90.1 Å². The molecule has 0 saturated carbocycles. The molecule has 1 aliphatic heterocycles. The number of hydrogen-bond donors (Lipinski definition) is 1. The fraction of sp³-hybridized carbons (Fsp3) is 0.292. The average molecular weight is 499 g/mol. The van der Waals surface area contributed by atoms with E-state index in [1.807, 2.05) is 18.2 Å². The Morgan fingerprint density at radius 3 is 2.88 bits per heavy atom. The number of ether oxygens (including phenoxy) is 2. The maximum atomic E-state index is 13.0. The van der Waals surface area contributed by atoms with Gasteiger partial charge in [-0.3, -0.25) is 4.79 Å². The van der Waals surface area contributed by atoms with Crippen LogP contribution in [0.5, 0.6) is 0 Å². The molecule has 1 aliphatic rings. The van der Waals surface area contributed by atoms with Crippen LogP contribution in [0, 0.1) is 0 Å². The van der Waals surface area contributed by atoms with Gasteiger partial charge in [0, 0.05) is 23.0 Å². The number of rotatable bonds is 6. The molecule has 1 amide bonds. The van der Waals surface area contributed by atoms with Gasteiger partial charge < -0.3 is 19.2 Å². The first-order valence-corrected chi connectivity index (χ1v) is 11.3. The van der Waals surface area contributed by atoms with Gasteiger partial charge in [-0.2, -0.15) is 0 Å². The van der Waals surface area contributed by atoms with Crippen molar-refractivity contribution in [2.24, 2.45) is 4.99 Å². The third kappa shape index (κ3) is 5.26. The molecule has 1 saturated heterocycles. The van der Waals surface area contributed by atoms with Crippen LogP contribution in [-0.4, -0.2) is 37.7 Å². The van der Waals surface area contributed by atoms with E-state index in [1.165, 1.54) is 0 Å². The molecular weight excluding hydrogens is 476 g/mol. The number of carbonyl (C=O) groups is 2. The van der Waals surface area contributed by atoms with Crippen LogP contribution in [0.25, 0.3) is 11.0 Å². The van der Waals surface area contributed by atoms with E-state index in [2.05, 4.69) is 26.2 Å². The van der Waals surface area contributed by atoms with Crippen molar-refractivity contribution < 1.29 is 23.5 Å². The lowest BCUT2D eigenvalue weighted by atomic mass is 10.1. The number of fused-ring (bicyclic) bond motifs is 1. The largest absolute Gasteiger partial charge is 0.462 e. The smallest absolute Gasteiger partial charge is 0.338 e. The molecule has 3 aromatic rings. The minimum absolute atomic E-state index is 0.0205. The Kier molecular flexibility index (Phi) is 7.02. The number of nitrogens with one attached hydrogen (secondary N) is 1. The third-order valence-corrected chi connectivity index (χ3v) is 5.55. The summed E-state index contributed by atoms with van der Waals surface area (Å²) in [5.41, 5.74) is 1.90. The van der Waals surface area contributed by atoms with Crippen molar-refractivity contribution in [3.05, 3.63) is 69.7 Å². The second-order valence-corrected chi connectivity index (χ2v) is 8.29. The molecule has 2 heterocycles. The Labute approximate surface area is 193 Å². The Balaban J connectivity index is 1.74. The zero-order chi connectivity index (χ0) is 22.5. The fourth-order valence-corrected chi connectivity index (χ4v) is 3.87. The quantitative estimate of drug-likeness (QED) is 0.504. The molecule has 7 nitrogen and oxygen atoms in total. The maximum absolute atomic E-state index is 13.0. The van der Waals surface area contributed by atoms with Gasteiger partial charge in [0.05, 0.1) is 24.0 Å². The van der Waals surface area contributed by atoms with Crippen LogP contribution in [-0.2, 0) is 9.47 Å². The average Bonchev–Trinajstić information content (AvgIpc) is 3.31. The zero-order valence-corrected chi connectivity index (χ0v) is 19.2. The molecule has 1 fully saturated rings. The summed E-state index contributed by atoms with van der Waals surface area (Å²) in [7, 11) is 0. The predicted octanol–water partition coefficient (Wildman–Crippen LogP) is 4.51. The Hall–Kier alpha value is -2.97. The third-order valence-electron chi connectivity index (χ3n) is 5.06. The molecule has 1 atom stereocenters. The highest BCUT2D eigenvalue weighted by molar-refractivity contribution is 9.10. The summed E-state index contributed by atoms with van der Waals surface area (Å²) >= 11 is 3.45. The Morgan fingerprint density at radius 2 is 2.09 bits per heavy atom. The summed E-state index contributed by atoms with van der Waals surface area (Å²) < 4.78 is 17.5. The van der Waals surface area contributed by atoms with Crippen molar-refractivity contribution in [1.82, 2.24) is 5.32 Å². The lowest BCUT2D eigenvalue weighted by Crippen LogP contribution is -2.34. The van der Waals surface area contributed by atoms with Crippen molar-refractivity contribution >= 4 is 44.5 Å². The van der Waals surface area contributed by atoms with Gasteiger partial charge >= 0.3 is 5.97 Å². The van der Waals surface area contributed by atoms with E-state index in [1.54, 1.807) is 37.3 Å². The molecule has 8 heteroatoms. The standard InChI is InChI=1S/C24H23BrN2O5/c1-2-30-24(29)15-5-3-6-18(12-15)27-23-20(22(28)26-14-19-7-4-10-31-19)13-16-11-17(25)8-9-21(16)32-23/h3,5-6,8-9,11-13,19H,2,4,7,10,14H2,1H3,(H,26,28).